The van der Waals surface area contributed by atoms with Gasteiger partial charge in [0.25, 0.3) is 0 Å². The van der Waals surface area contributed by atoms with Crippen molar-refractivity contribution in [2.75, 3.05) is 0 Å². The maximum absolute atomic E-state index is 8.97. The van der Waals surface area contributed by atoms with Gasteiger partial charge in [-0.3, -0.25) is 0 Å². The summed E-state index contributed by atoms with van der Waals surface area (Å²) in [6.45, 7) is 0. The zero-order valence-corrected chi connectivity index (χ0v) is 9.98. The second-order valence-electron chi connectivity index (χ2n) is 5.26. The Kier molecular flexibility index (Phi) is 2.55. The van der Waals surface area contributed by atoms with Gasteiger partial charge in [-0.25, -0.2) is 0 Å². The van der Waals surface area contributed by atoms with Crippen LogP contribution in [0.3, 0.4) is 0 Å². The number of nitriles is 1. The molecule has 1 aliphatic carbocycles. The number of fused-ring (bicyclic) bond motifs is 1. The average molecular weight is 227 g/mol. The number of ether oxygens (including phenoxy) is 1. The van der Waals surface area contributed by atoms with Gasteiger partial charge in [-0.1, -0.05) is 24.6 Å². The topological polar surface area (TPSA) is 33.0 Å². The van der Waals surface area contributed by atoms with E-state index in [-0.39, 0.29) is 5.60 Å². The molecule has 1 aliphatic heterocycles. The predicted octanol–water partition coefficient (Wildman–Crippen LogP) is 3.46. The minimum atomic E-state index is -0.0718. The molecule has 2 atom stereocenters. The molecule has 3 rings (SSSR count). The van der Waals surface area contributed by atoms with E-state index in [1.165, 1.54) is 18.4 Å². The molecule has 2 heteroatoms. The van der Waals surface area contributed by atoms with Gasteiger partial charge in [0.1, 0.15) is 11.4 Å². The van der Waals surface area contributed by atoms with Crippen LogP contribution in [-0.4, -0.2) is 5.60 Å². The number of rotatable bonds is 1. The number of hydrogen-bond acceptors (Lipinski definition) is 2. The van der Waals surface area contributed by atoms with Gasteiger partial charge in [-0.05, 0) is 30.9 Å². The van der Waals surface area contributed by atoms with E-state index in [0.717, 1.165) is 25.0 Å². The molecule has 0 saturated heterocycles. The van der Waals surface area contributed by atoms with Crippen LogP contribution in [0, 0.1) is 17.2 Å². The Morgan fingerprint density at radius 3 is 3.06 bits per heavy atom. The molecule has 0 radical (unpaired) electrons. The van der Waals surface area contributed by atoms with E-state index in [9.17, 15) is 0 Å². The third kappa shape index (κ3) is 1.70. The Balaban J connectivity index is 1.90. The standard InChI is InChI=1S/C15H17NO/c16-10-8-13-6-3-4-9-15(13)11-12-5-1-2-7-14(12)17-15/h1-2,5,7,13H,3-4,6,8-9,11H2/t13-,15+/m1/s1. The van der Waals surface area contributed by atoms with Crippen LogP contribution in [0.25, 0.3) is 0 Å². The van der Waals surface area contributed by atoms with Crippen molar-refractivity contribution in [3.63, 3.8) is 0 Å². The number of benzene rings is 1. The lowest BCUT2D eigenvalue weighted by Gasteiger charge is -2.39. The fourth-order valence-corrected chi connectivity index (χ4v) is 3.37. The van der Waals surface area contributed by atoms with Crippen LogP contribution in [0.15, 0.2) is 24.3 Å². The smallest absolute Gasteiger partial charge is 0.123 e. The fraction of sp³-hybridized carbons (Fsp3) is 0.533. The Labute approximate surface area is 102 Å². The summed E-state index contributed by atoms with van der Waals surface area (Å²) in [6, 6.07) is 10.6. The van der Waals surface area contributed by atoms with E-state index >= 15 is 0 Å². The molecule has 0 unspecified atom stereocenters. The molecule has 1 aromatic rings. The molecule has 1 aromatic carbocycles. The van der Waals surface area contributed by atoms with Crippen LogP contribution in [0.4, 0.5) is 0 Å². The highest BCUT2D eigenvalue weighted by Gasteiger charge is 2.46. The van der Waals surface area contributed by atoms with E-state index in [4.69, 9.17) is 10.00 Å². The highest BCUT2D eigenvalue weighted by molar-refractivity contribution is 5.39. The highest BCUT2D eigenvalue weighted by Crippen LogP contribution is 2.47. The highest BCUT2D eigenvalue weighted by atomic mass is 16.5. The molecule has 0 aromatic heterocycles. The lowest BCUT2D eigenvalue weighted by atomic mass is 9.72. The van der Waals surface area contributed by atoms with Gasteiger partial charge in [-0.2, -0.15) is 5.26 Å². The monoisotopic (exact) mass is 227 g/mol. The third-order valence-electron chi connectivity index (χ3n) is 4.26. The number of para-hydroxylation sites is 1. The first kappa shape index (κ1) is 10.7. The minimum Gasteiger partial charge on any atom is -0.486 e. The quantitative estimate of drug-likeness (QED) is 0.736. The van der Waals surface area contributed by atoms with Gasteiger partial charge in [-0.15, -0.1) is 0 Å². The van der Waals surface area contributed by atoms with Gasteiger partial charge >= 0.3 is 0 Å². The molecule has 2 aliphatic rings. The van der Waals surface area contributed by atoms with Crippen molar-refractivity contribution >= 4 is 0 Å². The molecular weight excluding hydrogens is 210 g/mol. The molecular formula is C15H17NO. The molecule has 1 fully saturated rings. The van der Waals surface area contributed by atoms with Crippen LogP contribution in [0.1, 0.15) is 37.7 Å². The SMILES string of the molecule is N#CC[C@H]1CCCC[C@]12Cc1ccccc1O2. The van der Waals surface area contributed by atoms with Crippen LogP contribution >= 0.6 is 0 Å². The van der Waals surface area contributed by atoms with Crippen LogP contribution in [-0.2, 0) is 6.42 Å². The van der Waals surface area contributed by atoms with Crippen LogP contribution in [0.2, 0.25) is 0 Å². The normalized spacial score (nSPS) is 30.6. The fourth-order valence-electron chi connectivity index (χ4n) is 3.37. The maximum atomic E-state index is 8.97. The zero-order chi connectivity index (χ0) is 11.7. The lowest BCUT2D eigenvalue weighted by molar-refractivity contribution is -0.00301. The van der Waals surface area contributed by atoms with Crippen LogP contribution in [0.5, 0.6) is 5.75 Å². The first-order valence-electron chi connectivity index (χ1n) is 6.48. The van der Waals surface area contributed by atoms with E-state index in [2.05, 4.69) is 24.3 Å². The number of nitrogens with zero attached hydrogens (tertiary/aromatic N) is 1. The molecule has 0 bridgehead atoms. The Hall–Kier alpha value is -1.49. The van der Waals surface area contributed by atoms with Crippen molar-refractivity contribution in [1.82, 2.24) is 0 Å². The second-order valence-corrected chi connectivity index (χ2v) is 5.26. The summed E-state index contributed by atoms with van der Waals surface area (Å²) in [5.41, 5.74) is 1.25. The minimum absolute atomic E-state index is 0.0718. The summed E-state index contributed by atoms with van der Waals surface area (Å²) in [5.74, 6) is 1.45. The number of hydrogen-bond donors (Lipinski definition) is 0. The van der Waals surface area contributed by atoms with Crippen molar-refractivity contribution in [3.05, 3.63) is 29.8 Å². The van der Waals surface area contributed by atoms with Crippen molar-refractivity contribution in [3.8, 4) is 11.8 Å². The summed E-state index contributed by atoms with van der Waals surface area (Å²) in [6.07, 6.45) is 6.35. The van der Waals surface area contributed by atoms with E-state index < -0.39 is 0 Å². The Morgan fingerprint density at radius 1 is 1.35 bits per heavy atom. The molecule has 17 heavy (non-hydrogen) atoms. The van der Waals surface area contributed by atoms with Crippen molar-refractivity contribution in [2.24, 2.45) is 5.92 Å². The van der Waals surface area contributed by atoms with E-state index in [1.54, 1.807) is 0 Å². The second kappa shape index (κ2) is 4.07. The van der Waals surface area contributed by atoms with Gasteiger partial charge < -0.3 is 4.74 Å². The van der Waals surface area contributed by atoms with Crippen LogP contribution < -0.4 is 4.74 Å². The van der Waals surface area contributed by atoms with Crippen molar-refractivity contribution in [1.29, 1.82) is 5.26 Å². The first-order chi connectivity index (χ1) is 8.34. The maximum Gasteiger partial charge on any atom is 0.123 e. The Bertz CT molecular complexity index is 435. The molecule has 1 spiro atoms. The summed E-state index contributed by atoms with van der Waals surface area (Å²) in [7, 11) is 0. The predicted molar refractivity (Wildman–Crippen MR) is 65.7 cm³/mol. The molecule has 0 N–H and O–H groups in total. The van der Waals surface area contributed by atoms with E-state index in [1.807, 2.05) is 6.07 Å². The molecule has 1 heterocycles. The lowest BCUT2D eigenvalue weighted by Crippen LogP contribution is -2.44. The molecule has 1 saturated carbocycles. The average Bonchev–Trinajstić information content (AvgIpc) is 2.71. The summed E-state index contributed by atoms with van der Waals surface area (Å²) >= 11 is 0. The van der Waals surface area contributed by atoms with Gasteiger partial charge in [0, 0.05) is 18.8 Å². The Morgan fingerprint density at radius 2 is 2.24 bits per heavy atom. The summed E-state index contributed by atoms with van der Waals surface area (Å²) in [5, 5.41) is 8.97. The zero-order valence-electron chi connectivity index (χ0n) is 9.98. The van der Waals surface area contributed by atoms with Crippen molar-refractivity contribution < 1.29 is 4.74 Å². The van der Waals surface area contributed by atoms with E-state index in [0.29, 0.717) is 12.3 Å². The molecule has 88 valence electrons. The molecule has 2 nitrogen and oxygen atoms in total. The summed E-state index contributed by atoms with van der Waals surface area (Å²) < 4.78 is 6.25. The summed E-state index contributed by atoms with van der Waals surface area (Å²) in [4.78, 5) is 0. The van der Waals surface area contributed by atoms with Gasteiger partial charge in [0.15, 0.2) is 0 Å². The first-order valence-corrected chi connectivity index (χ1v) is 6.48. The van der Waals surface area contributed by atoms with Gasteiger partial charge in [0.05, 0.1) is 6.07 Å². The largest absolute Gasteiger partial charge is 0.486 e. The third-order valence-corrected chi connectivity index (χ3v) is 4.26. The van der Waals surface area contributed by atoms with Crippen molar-refractivity contribution in [2.45, 2.75) is 44.1 Å². The van der Waals surface area contributed by atoms with Gasteiger partial charge in [0.2, 0.25) is 0 Å². The molecule has 0 amide bonds.